The summed E-state index contributed by atoms with van der Waals surface area (Å²) in [6.07, 6.45) is -0.297. The zero-order valence-electron chi connectivity index (χ0n) is 13.6. The Bertz CT molecular complexity index is 962. The Kier molecular flexibility index (Phi) is 4.71. The van der Waals surface area contributed by atoms with Crippen molar-refractivity contribution < 1.29 is 17.9 Å². The maximum absolute atomic E-state index is 11.4. The smallest absolute Gasteiger partial charge is 0.238 e. The van der Waals surface area contributed by atoms with Crippen molar-refractivity contribution in [3.05, 3.63) is 60.5 Å². The molecular weight excluding hydrogens is 340 g/mol. The van der Waals surface area contributed by atoms with Gasteiger partial charge in [0.05, 0.1) is 17.4 Å². The van der Waals surface area contributed by atoms with E-state index in [4.69, 9.17) is 9.56 Å². The van der Waals surface area contributed by atoms with Crippen molar-refractivity contribution in [2.45, 2.75) is 24.3 Å². The lowest BCUT2D eigenvalue weighted by Gasteiger charge is -2.03. The first-order valence-electron chi connectivity index (χ1n) is 7.71. The number of primary sulfonamides is 1. The standard InChI is InChI=1S/C18H18N2O4S/c1-12(21)11-16-20-17(13-5-3-2-4-6-13)18(24-16)14-7-9-15(10-8-14)25(19,22)23/h2-10,12,21H,11H2,1H3,(H2,19,22,23). The average molecular weight is 358 g/mol. The zero-order chi connectivity index (χ0) is 18.0. The van der Waals surface area contributed by atoms with Crippen molar-refractivity contribution >= 4 is 10.0 Å². The summed E-state index contributed by atoms with van der Waals surface area (Å²) in [5.41, 5.74) is 2.18. The molecule has 0 saturated heterocycles. The third-order valence-corrected chi connectivity index (χ3v) is 4.56. The minimum atomic E-state index is -3.75. The number of oxazole rings is 1. The lowest BCUT2D eigenvalue weighted by atomic mass is 10.1. The number of nitrogens with zero attached hydrogens (tertiary/aromatic N) is 1. The number of benzene rings is 2. The molecule has 0 aliphatic rings. The van der Waals surface area contributed by atoms with Crippen LogP contribution in [0.5, 0.6) is 0 Å². The Morgan fingerprint density at radius 1 is 1.08 bits per heavy atom. The molecule has 1 heterocycles. The summed E-state index contributed by atoms with van der Waals surface area (Å²) in [7, 11) is -3.75. The second-order valence-corrected chi connectivity index (χ2v) is 7.34. The Morgan fingerprint density at radius 3 is 2.28 bits per heavy atom. The summed E-state index contributed by atoms with van der Waals surface area (Å²) in [5, 5.41) is 14.7. The summed E-state index contributed by atoms with van der Waals surface area (Å²) in [4.78, 5) is 4.53. The molecule has 0 saturated carbocycles. The summed E-state index contributed by atoms with van der Waals surface area (Å²) >= 11 is 0. The normalized spacial score (nSPS) is 12.9. The van der Waals surface area contributed by atoms with Gasteiger partial charge in [-0.05, 0) is 31.2 Å². The predicted molar refractivity (Wildman–Crippen MR) is 94.1 cm³/mol. The number of sulfonamides is 1. The molecule has 7 heteroatoms. The average Bonchev–Trinajstić information content (AvgIpc) is 2.98. The molecule has 0 bridgehead atoms. The van der Waals surface area contributed by atoms with Crippen molar-refractivity contribution in [1.29, 1.82) is 0 Å². The van der Waals surface area contributed by atoms with Gasteiger partial charge in [0.15, 0.2) is 11.7 Å². The monoisotopic (exact) mass is 358 g/mol. The molecule has 1 aromatic heterocycles. The molecule has 0 fully saturated rings. The van der Waals surface area contributed by atoms with E-state index in [0.717, 1.165) is 5.56 Å². The van der Waals surface area contributed by atoms with Crippen LogP contribution in [-0.4, -0.2) is 24.6 Å². The third kappa shape index (κ3) is 3.96. The van der Waals surface area contributed by atoms with E-state index in [1.54, 1.807) is 19.1 Å². The Balaban J connectivity index is 2.09. The van der Waals surface area contributed by atoms with Gasteiger partial charge < -0.3 is 9.52 Å². The van der Waals surface area contributed by atoms with Crippen LogP contribution in [0.4, 0.5) is 0 Å². The second kappa shape index (κ2) is 6.79. The van der Waals surface area contributed by atoms with E-state index in [9.17, 15) is 13.5 Å². The van der Waals surface area contributed by atoms with E-state index >= 15 is 0 Å². The van der Waals surface area contributed by atoms with Crippen LogP contribution in [0.3, 0.4) is 0 Å². The number of rotatable bonds is 5. The van der Waals surface area contributed by atoms with Gasteiger partial charge in [-0.25, -0.2) is 18.5 Å². The molecule has 1 unspecified atom stereocenters. The van der Waals surface area contributed by atoms with E-state index in [1.165, 1.54) is 12.1 Å². The fourth-order valence-corrected chi connectivity index (χ4v) is 3.00. The highest BCUT2D eigenvalue weighted by Crippen LogP contribution is 2.33. The van der Waals surface area contributed by atoms with Crippen molar-refractivity contribution in [1.82, 2.24) is 4.98 Å². The van der Waals surface area contributed by atoms with Gasteiger partial charge in [-0.3, -0.25) is 0 Å². The van der Waals surface area contributed by atoms with E-state index in [2.05, 4.69) is 4.98 Å². The summed E-state index contributed by atoms with van der Waals surface area (Å²) < 4.78 is 28.7. The lowest BCUT2D eigenvalue weighted by molar-refractivity contribution is 0.185. The second-order valence-electron chi connectivity index (χ2n) is 5.77. The van der Waals surface area contributed by atoms with Crippen LogP contribution in [0.15, 0.2) is 63.9 Å². The van der Waals surface area contributed by atoms with Crippen LogP contribution in [0.25, 0.3) is 22.6 Å². The number of nitrogens with two attached hydrogens (primary N) is 1. The summed E-state index contributed by atoms with van der Waals surface area (Å²) in [6.45, 7) is 1.66. The molecule has 0 radical (unpaired) electrons. The molecule has 1 atom stereocenters. The van der Waals surface area contributed by atoms with E-state index in [0.29, 0.717) is 22.9 Å². The van der Waals surface area contributed by atoms with Gasteiger partial charge in [0.25, 0.3) is 0 Å². The Labute approximate surface area is 146 Å². The molecule has 0 aliphatic heterocycles. The topological polar surface area (TPSA) is 106 Å². The predicted octanol–water partition coefficient (Wildman–Crippen LogP) is 2.58. The van der Waals surface area contributed by atoms with Gasteiger partial charge in [-0.15, -0.1) is 0 Å². The molecule has 3 N–H and O–H groups in total. The number of hydrogen-bond acceptors (Lipinski definition) is 5. The summed E-state index contributed by atoms with van der Waals surface area (Å²) in [5.74, 6) is 0.933. The molecule has 2 aromatic carbocycles. The van der Waals surface area contributed by atoms with Crippen LogP contribution in [0.1, 0.15) is 12.8 Å². The maximum atomic E-state index is 11.4. The Hall–Kier alpha value is -2.48. The van der Waals surface area contributed by atoms with Gasteiger partial charge in [-0.2, -0.15) is 0 Å². The minimum absolute atomic E-state index is 0.0289. The molecule has 3 aromatic rings. The first-order valence-corrected chi connectivity index (χ1v) is 9.25. The fraction of sp³-hybridized carbons (Fsp3) is 0.167. The quantitative estimate of drug-likeness (QED) is 0.729. The van der Waals surface area contributed by atoms with Gasteiger partial charge in [0.1, 0.15) is 5.69 Å². The van der Waals surface area contributed by atoms with Gasteiger partial charge in [-0.1, -0.05) is 30.3 Å². The van der Waals surface area contributed by atoms with Crippen LogP contribution in [-0.2, 0) is 16.4 Å². The van der Waals surface area contributed by atoms with Crippen molar-refractivity contribution in [2.75, 3.05) is 0 Å². The van der Waals surface area contributed by atoms with Gasteiger partial charge in [0.2, 0.25) is 10.0 Å². The van der Waals surface area contributed by atoms with Crippen molar-refractivity contribution in [3.8, 4) is 22.6 Å². The van der Waals surface area contributed by atoms with Crippen LogP contribution in [0, 0.1) is 0 Å². The fourth-order valence-electron chi connectivity index (χ4n) is 2.49. The first-order chi connectivity index (χ1) is 11.8. The number of aliphatic hydroxyl groups excluding tert-OH is 1. The Morgan fingerprint density at radius 2 is 1.72 bits per heavy atom. The van der Waals surface area contributed by atoms with Crippen molar-refractivity contribution in [2.24, 2.45) is 5.14 Å². The molecule has 0 aliphatic carbocycles. The van der Waals surface area contributed by atoms with E-state index < -0.39 is 16.1 Å². The van der Waals surface area contributed by atoms with Crippen molar-refractivity contribution in [3.63, 3.8) is 0 Å². The lowest BCUT2D eigenvalue weighted by Crippen LogP contribution is -2.11. The molecule has 130 valence electrons. The third-order valence-electron chi connectivity index (χ3n) is 3.63. The van der Waals surface area contributed by atoms with Crippen LogP contribution in [0.2, 0.25) is 0 Å². The first kappa shape index (κ1) is 17.3. The highest BCUT2D eigenvalue weighted by molar-refractivity contribution is 7.89. The SMILES string of the molecule is CC(O)Cc1nc(-c2ccccc2)c(-c2ccc(S(N)(=O)=O)cc2)o1. The van der Waals surface area contributed by atoms with Crippen LogP contribution < -0.4 is 5.14 Å². The molecule has 0 amide bonds. The molecule has 25 heavy (non-hydrogen) atoms. The summed E-state index contributed by atoms with van der Waals surface area (Å²) in [6, 6.07) is 15.6. The van der Waals surface area contributed by atoms with Crippen LogP contribution >= 0.6 is 0 Å². The van der Waals surface area contributed by atoms with E-state index in [-0.39, 0.29) is 11.3 Å². The highest BCUT2D eigenvalue weighted by Gasteiger charge is 2.18. The van der Waals surface area contributed by atoms with Gasteiger partial charge >= 0.3 is 0 Å². The molecule has 3 rings (SSSR count). The van der Waals surface area contributed by atoms with Gasteiger partial charge in [0, 0.05) is 11.1 Å². The number of hydrogen-bond donors (Lipinski definition) is 2. The number of aromatic nitrogens is 1. The van der Waals surface area contributed by atoms with E-state index in [1.807, 2.05) is 30.3 Å². The zero-order valence-corrected chi connectivity index (χ0v) is 14.4. The number of aliphatic hydroxyl groups is 1. The largest absolute Gasteiger partial charge is 0.440 e. The molecule has 6 nitrogen and oxygen atoms in total. The minimum Gasteiger partial charge on any atom is -0.440 e. The maximum Gasteiger partial charge on any atom is 0.238 e. The molecular formula is C18H18N2O4S. The molecule has 0 spiro atoms. The highest BCUT2D eigenvalue weighted by atomic mass is 32.2.